The minimum absolute atomic E-state index is 0.789. The van der Waals surface area contributed by atoms with E-state index in [2.05, 4.69) is 16.2 Å². The average molecular weight is 194 g/mol. The molecule has 0 aliphatic rings. The molecule has 70 valence electrons. The number of terminal acetylenes is 1. The summed E-state index contributed by atoms with van der Waals surface area (Å²) in [4.78, 5) is 5.66. The molecule has 1 heterocycles. The van der Waals surface area contributed by atoms with E-state index in [4.69, 9.17) is 6.42 Å². The summed E-state index contributed by atoms with van der Waals surface area (Å²) in [6, 6.07) is 0. The predicted molar refractivity (Wildman–Crippen MR) is 56.7 cm³/mol. The molecule has 0 spiro atoms. The first-order valence-electron chi connectivity index (χ1n) is 4.31. The zero-order valence-corrected chi connectivity index (χ0v) is 8.87. The van der Waals surface area contributed by atoms with E-state index in [-0.39, 0.29) is 0 Å². The molecule has 0 bridgehead atoms. The molecule has 0 radical (unpaired) electrons. The highest BCUT2D eigenvalue weighted by atomic mass is 32.1. The van der Waals surface area contributed by atoms with Crippen molar-refractivity contribution >= 4 is 11.3 Å². The summed E-state index contributed by atoms with van der Waals surface area (Å²) in [7, 11) is 0. The Morgan fingerprint density at radius 1 is 1.54 bits per heavy atom. The molecule has 0 unspecified atom stereocenters. The predicted octanol–water partition coefficient (Wildman–Crippen LogP) is 1.87. The van der Waals surface area contributed by atoms with E-state index < -0.39 is 0 Å². The van der Waals surface area contributed by atoms with Crippen LogP contribution < -0.4 is 5.32 Å². The third-order valence-corrected chi connectivity index (χ3v) is 2.80. The summed E-state index contributed by atoms with van der Waals surface area (Å²) >= 11 is 1.75. The SMILES string of the molecule is C#CCCNCc1sc(C)nc1C. The number of nitrogens with one attached hydrogen (secondary N) is 1. The van der Waals surface area contributed by atoms with Gasteiger partial charge in [0.05, 0.1) is 10.7 Å². The maximum atomic E-state index is 5.14. The van der Waals surface area contributed by atoms with Gasteiger partial charge in [-0.1, -0.05) is 0 Å². The van der Waals surface area contributed by atoms with E-state index in [1.54, 1.807) is 11.3 Å². The molecule has 13 heavy (non-hydrogen) atoms. The van der Waals surface area contributed by atoms with Crippen molar-refractivity contribution in [3.8, 4) is 12.3 Å². The van der Waals surface area contributed by atoms with Gasteiger partial charge in [-0.2, -0.15) is 0 Å². The highest BCUT2D eigenvalue weighted by Gasteiger charge is 2.02. The standard InChI is InChI=1S/C10H14N2S/c1-4-5-6-11-7-10-8(2)12-9(3)13-10/h1,11H,5-7H2,2-3H3. The van der Waals surface area contributed by atoms with Crippen molar-refractivity contribution in [2.24, 2.45) is 0 Å². The maximum Gasteiger partial charge on any atom is 0.0900 e. The number of nitrogens with zero attached hydrogens (tertiary/aromatic N) is 1. The summed E-state index contributed by atoms with van der Waals surface area (Å²) < 4.78 is 0. The summed E-state index contributed by atoms with van der Waals surface area (Å²) in [6.45, 7) is 5.84. The summed E-state index contributed by atoms with van der Waals surface area (Å²) in [5.74, 6) is 2.60. The topological polar surface area (TPSA) is 24.9 Å². The molecule has 0 aliphatic heterocycles. The van der Waals surface area contributed by atoms with Gasteiger partial charge < -0.3 is 5.32 Å². The van der Waals surface area contributed by atoms with Crippen LogP contribution in [-0.2, 0) is 6.54 Å². The van der Waals surface area contributed by atoms with Crippen molar-refractivity contribution < 1.29 is 0 Å². The third kappa shape index (κ3) is 3.17. The van der Waals surface area contributed by atoms with Crippen LogP contribution >= 0.6 is 11.3 Å². The summed E-state index contributed by atoms with van der Waals surface area (Å²) in [5, 5.41) is 4.42. The molecule has 1 rings (SSSR count). The molecule has 1 aromatic heterocycles. The highest BCUT2D eigenvalue weighted by Crippen LogP contribution is 2.16. The van der Waals surface area contributed by atoms with E-state index in [1.165, 1.54) is 4.88 Å². The first-order chi connectivity index (χ1) is 6.24. The molecule has 1 aromatic rings. The molecular formula is C10H14N2S. The Morgan fingerprint density at radius 2 is 2.31 bits per heavy atom. The Morgan fingerprint density at radius 3 is 2.85 bits per heavy atom. The molecule has 0 aliphatic carbocycles. The Kier molecular flexibility index (Phi) is 3.94. The number of rotatable bonds is 4. The van der Waals surface area contributed by atoms with E-state index >= 15 is 0 Å². The fraction of sp³-hybridized carbons (Fsp3) is 0.500. The van der Waals surface area contributed by atoms with Crippen LogP contribution in [0.3, 0.4) is 0 Å². The lowest BCUT2D eigenvalue weighted by molar-refractivity contribution is 0.705. The lowest BCUT2D eigenvalue weighted by Gasteiger charge is -1.99. The molecule has 0 fully saturated rings. The van der Waals surface area contributed by atoms with Crippen molar-refractivity contribution in [3.63, 3.8) is 0 Å². The van der Waals surface area contributed by atoms with Crippen LogP contribution in [0.1, 0.15) is 22.0 Å². The van der Waals surface area contributed by atoms with Gasteiger partial charge in [-0.25, -0.2) is 4.98 Å². The molecule has 2 nitrogen and oxygen atoms in total. The van der Waals surface area contributed by atoms with Crippen LogP contribution in [0, 0.1) is 26.2 Å². The molecule has 0 saturated heterocycles. The van der Waals surface area contributed by atoms with Crippen LogP contribution in [0.4, 0.5) is 0 Å². The summed E-state index contributed by atoms with van der Waals surface area (Å²) in [6.07, 6.45) is 5.93. The zero-order valence-electron chi connectivity index (χ0n) is 8.05. The van der Waals surface area contributed by atoms with Gasteiger partial charge in [0.25, 0.3) is 0 Å². The molecule has 0 atom stereocenters. The quantitative estimate of drug-likeness (QED) is 0.584. The average Bonchev–Trinajstić information content (AvgIpc) is 2.39. The molecule has 0 aromatic carbocycles. The molecule has 1 N–H and O–H groups in total. The van der Waals surface area contributed by atoms with Crippen LogP contribution in [0.2, 0.25) is 0 Å². The van der Waals surface area contributed by atoms with Crippen LogP contribution in [-0.4, -0.2) is 11.5 Å². The number of hydrogen-bond acceptors (Lipinski definition) is 3. The van der Waals surface area contributed by atoms with Gasteiger partial charge in [0.2, 0.25) is 0 Å². The Hall–Kier alpha value is -0.850. The van der Waals surface area contributed by atoms with Crippen molar-refractivity contribution in [3.05, 3.63) is 15.6 Å². The highest BCUT2D eigenvalue weighted by molar-refractivity contribution is 7.11. The van der Waals surface area contributed by atoms with Gasteiger partial charge in [-0.15, -0.1) is 23.7 Å². The Bertz CT molecular complexity index is 309. The van der Waals surface area contributed by atoms with Crippen LogP contribution in [0.5, 0.6) is 0 Å². The Balaban J connectivity index is 2.37. The normalized spacial score (nSPS) is 9.92. The maximum absolute atomic E-state index is 5.14. The lowest BCUT2D eigenvalue weighted by Crippen LogP contribution is -2.13. The number of aromatic nitrogens is 1. The fourth-order valence-corrected chi connectivity index (χ4v) is 2.01. The minimum Gasteiger partial charge on any atom is -0.311 e. The van der Waals surface area contributed by atoms with Crippen molar-refractivity contribution in [1.29, 1.82) is 0 Å². The van der Waals surface area contributed by atoms with Crippen molar-refractivity contribution in [2.75, 3.05) is 6.54 Å². The van der Waals surface area contributed by atoms with E-state index in [9.17, 15) is 0 Å². The van der Waals surface area contributed by atoms with Gasteiger partial charge in [0, 0.05) is 24.4 Å². The van der Waals surface area contributed by atoms with Gasteiger partial charge in [0.15, 0.2) is 0 Å². The molecule has 3 heteroatoms. The van der Waals surface area contributed by atoms with Gasteiger partial charge in [-0.05, 0) is 13.8 Å². The first kappa shape index (κ1) is 10.2. The van der Waals surface area contributed by atoms with Gasteiger partial charge in [0.1, 0.15) is 0 Å². The third-order valence-electron chi connectivity index (χ3n) is 1.73. The zero-order chi connectivity index (χ0) is 9.68. The second-order valence-corrected chi connectivity index (χ2v) is 4.16. The van der Waals surface area contributed by atoms with E-state index in [0.29, 0.717) is 0 Å². The smallest absolute Gasteiger partial charge is 0.0900 e. The molecular weight excluding hydrogens is 180 g/mol. The first-order valence-corrected chi connectivity index (χ1v) is 5.12. The van der Waals surface area contributed by atoms with E-state index in [1.807, 2.05) is 13.8 Å². The lowest BCUT2D eigenvalue weighted by atomic mass is 10.4. The largest absolute Gasteiger partial charge is 0.311 e. The van der Waals surface area contributed by atoms with Gasteiger partial charge in [-0.3, -0.25) is 0 Å². The summed E-state index contributed by atoms with van der Waals surface area (Å²) in [5.41, 5.74) is 1.13. The number of thiazole rings is 1. The molecule has 0 saturated carbocycles. The minimum atomic E-state index is 0.789. The monoisotopic (exact) mass is 194 g/mol. The van der Waals surface area contributed by atoms with E-state index in [0.717, 1.165) is 30.2 Å². The van der Waals surface area contributed by atoms with Crippen LogP contribution in [0.15, 0.2) is 0 Å². The second kappa shape index (κ2) is 5.00. The Labute approximate surface area is 83.4 Å². The van der Waals surface area contributed by atoms with Crippen LogP contribution in [0.25, 0.3) is 0 Å². The second-order valence-electron chi connectivity index (χ2n) is 2.87. The number of hydrogen-bond donors (Lipinski definition) is 1. The number of aryl methyl sites for hydroxylation is 2. The fourth-order valence-electron chi connectivity index (χ4n) is 1.10. The van der Waals surface area contributed by atoms with Crippen molar-refractivity contribution in [1.82, 2.24) is 10.3 Å². The van der Waals surface area contributed by atoms with Gasteiger partial charge >= 0.3 is 0 Å². The molecule has 0 amide bonds. The van der Waals surface area contributed by atoms with Crippen molar-refractivity contribution in [2.45, 2.75) is 26.8 Å².